The monoisotopic (exact) mass is 398 g/mol. The molecule has 3 saturated carbocycles. The second kappa shape index (κ2) is 11.8. The van der Waals surface area contributed by atoms with Gasteiger partial charge in [0, 0.05) is 11.8 Å². The van der Waals surface area contributed by atoms with Gasteiger partial charge in [-0.05, 0) is 71.6 Å². The average Bonchev–Trinajstić information content (AvgIpc) is 3.04. The van der Waals surface area contributed by atoms with Crippen molar-refractivity contribution in [2.75, 3.05) is 13.2 Å². The van der Waals surface area contributed by atoms with E-state index in [1.54, 1.807) is 39.5 Å². The van der Waals surface area contributed by atoms with E-state index in [0.29, 0.717) is 5.92 Å². The second-order valence-corrected chi connectivity index (χ2v) is 5.58. The van der Waals surface area contributed by atoms with Gasteiger partial charge in [-0.3, -0.25) is 14.4 Å². The van der Waals surface area contributed by atoms with Crippen molar-refractivity contribution in [2.45, 2.75) is 13.8 Å². The smallest absolute Gasteiger partial charge is 0.466 e. The third-order valence-electron chi connectivity index (χ3n) is 3.94. The van der Waals surface area contributed by atoms with Crippen LogP contribution >= 0.6 is 0 Å². The Morgan fingerprint density at radius 1 is 0.731 bits per heavy atom. The van der Waals surface area contributed by atoms with E-state index in [-0.39, 0.29) is 36.1 Å². The van der Waals surface area contributed by atoms with E-state index in [1.807, 2.05) is 32.1 Å². The number of ether oxygens (including phenoxy) is 2. The van der Waals surface area contributed by atoms with Gasteiger partial charge in [0.15, 0.2) is 0 Å². The molecule has 0 N–H and O–H groups in total. The molecular formula is C20H22FeO5+2. The number of hydrogen-bond donors (Lipinski definition) is 0. The van der Waals surface area contributed by atoms with Gasteiger partial charge in [0.2, 0.25) is 0 Å². The quantitative estimate of drug-likeness (QED) is 0.506. The van der Waals surface area contributed by atoms with Gasteiger partial charge in [0.05, 0.1) is 25.0 Å². The summed E-state index contributed by atoms with van der Waals surface area (Å²) in [6.45, 7) is 3.83. The molecule has 3 fully saturated rings. The molecule has 0 aromatic rings. The van der Waals surface area contributed by atoms with Crippen LogP contribution in [0.4, 0.5) is 0 Å². The zero-order chi connectivity index (χ0) is 18.2. The standard InChI is InChI=1S/C15H17O5.C5H5.Fe/c1-3-19-14(17)11-10(12(11)15(18)20-4-2)13(16)9-7-5-6-8-9;1-2-4-5-3-1;/h5-8,10-12H,3-4H2,1-2H3;1-5H;/q;;+2/t11-,12-;;/m1../s1. The van der Waals surface area contributed by atoms with Crippen LogP contribution in [0.25, 0.3) is 0 Å². The Hall–Kier alpha value is -0.871. The molecule has 0 heterocycles. The summed E-state index contributed by atoms with van der Waals surface area (Å²) in [5.74, 6) is -2.78. The van der Waals surface area contributed by atoms with Crippen molar-refractivity contribution in [3.63, 3.8) is 0 Å². The molecule has 10 radical (unpaired) electrons. The molecule has 3 aliphatic rings. The first-order chi connectivity index (χ1) is 12.1. The molecule has 0 amide bonds. The molecule has 2 atom stereocenters. The minimum absolute atomic E-state index is 0. The van der Waals surface area contributed by atoms with E-state index in [9.17, 15) is 14.4 Å². The van der Waals surface area contributed by atoms with Gasteiger partial charge in [0.1, 0.15) is 5.78 Å². The Labute approximate surface area is 167 Å². The molecule has 5 nitrogen and oxygen atoms in total. The maximum absolute atomic E-state index is 12.3. The third kappa shape index (κ3) is 6.09. The van der Waals surface area contributed by atoms with Crippen LogP contribution in [0.1, 0.15) is 13.8 Å². The largest absolute Gasteiger partial charge is 2.00 e. The Kier molecular flexibility index (Phi) is 10.5. The fraction of sp³-hybridized carbons (Fsp3) is 0.350. The molecular weight excluding hydrogens is 376 g/mol. The van der Waals surface area contributed by atoms with Gasteiger partial charge < -0.3 is 9.47 Å². The zero-order valence-electron chi connectivity index (χ0n) is 14.7. The van der Waals surface area contributed by atoms with Gasteiger partial charge in [0.25, 0.3) is 0 Å². The van der Waals surface area contributed by atoms with Crippen LogP contribution in [0.3, 0.4) is 0 Å². The average molecular weight is 398 g/mol. The first kappa shape index (κ1) is 23.2. The summed E-state index contributed by atoms with van der Waals surface area (Å²) in [4.78, 5) is 35.9. The van der Waals surface area contributed by atoms with Crippen molar-refractivity contribution in [1.29, 1.82) is 0 Å². The van der Waals surface area contributed by atoms with E-state index >= 15 is 0 Å². The zero-order valence-corrected chi connectivity index (χ0v) is 15.8. The van der Waals surface area contributed by atoms with Crippen molar-refractivity contribution >= 4 is 17.7 Å². The van der Waals surface area contributed by atoms with Gasteiger partial charge >= 0.3 is 29.0 Å². The van der Waals surface area contributed by atoms with Gasteiger partial charge in [-0.2, -0.15) is 0 Å². The first-order valence-corrected chi connectivity index (χ1v) is 8.37. The van der Waals surface area contributed by atoms with E-state index in [4.69, 9.17) is 9.47 Å². The summed E-state index contributed by atoms with van der Waals surface area (Å²) in [6, 6.07) is 0. The van der Waals surface area contributed by atoms with Crippen LogP contribution < -0.4 is 0 Å². The number of carbonyl (C=O) groups excluding carboxylic acids is 3. The number of Topliss-reactive ketones (excluding diaryl/α,β-unsaturated/α-hetero) is 1. The van der Waals surface area contributed by atoms with Crippen LogP contribution in [-0.4, -0.2) is 30.9 Å². The summed E-state index contributed by atoms with van der Waals surface area (Å²) < 4.78 is 9.85. The predicted octanol–water partition coefficient (Wildman–Crippen LogP) is 1.97. The number of esters is 2. The summed E-state index contributed by atoms with van der Waals surface area (Å²) in [6.07, 6.45) is 16.8. The third-order valence-corrected chi connectivity index (χ3v) is 3.94. The molecule has 0 aliphatic heterocycles. The topological polar surface area (TPSA) is 69.7 Å². The van der Waals surface area contributed by atoms with Gasteiger partial charge in [-0.15, -0.1) is 0 Å². The van der Waals surface area contributed by atoms with Crippen LogP contribution in [0.5, 0.6) is 0 Å². The first-order valence-electron chi connectivity index (χ1n) is 8.37. The van der Waals surface area contributed by atoms with Crippen molar-refractivity contribution in [3.05, 3.63) is 63.7 Å². The minimum atomic E-state index is -0.712. The molecule has 0 aromatic heterocycles. The second-order valence-electron chi connectivity index (χ2n) is 5.58. The van der Waals surface area contributed by atoms with E-state index in [0.717, 1.165) is 0 Å². The summed E-state index contributed by atoms with van der Waals surface area (Å²) in [5, 5.41) is 0. The number of ketones is 1. The Morgan fingerprint density at radius 2 is 1.12 bits per heavy atom. The predicted molar refractivity (Wildman–Crippen MR) is 90.7 cm³/mol. The Morgan fingerprint density at radius 3 is 1.46 bits per heavy atom. The Bertz CT molecular complexity index is 437. The molecule has 6 heteroatoms. The number of rotatable bonds is 6. The van der Waals surface area contributed by atoms with Crippen LogP contribution in [0, 0.1) is 81.5 Å². The normalized spacial score (nSPS) is 26.9. The Balaban J connectivity index is 0.000000486. The molecule has 0 saturated heterocycles. The van der Waals surface area contributed by atoms with Crippen molar-refractivity contribution < 1.29 is 40.9 Å². The molecule has 0 aromatic carbocycles. The van der Waals surface area contributed by atoms with Crippen LogP contribution in [-0.2, 0) is 40.9 Å². The maximum Gasteiger partial charge on any atom is 2.00 e. The molecule has 3 rings (SSSR count). The van der Waals surface area contributed by atoms with Crippen LogP contribution in [0.2, 0.25) is 0 Å². The molecule has 0 bridgehead atoms. The minimum Gasteiger partial charge on any atom is -0.466 e. The fourth-order valence-corrected chi connectivity index (χ4v) is 2.75. The van der Waals surface area contributed by atoms with Crippen molar-refractivity contribution in [1.82, 2.24) is 0 Å². The van der Waals surface area contributed by atoms with E-state index < -0.39 is 29.7 Å². The van der Waals surface area contributed by atoms with Crippen molar-refractivity contribution in [3.8, 4) is 0 Å². The fourth-order valence-electron chi connectivity index (χ4n) is 2.75. The molecule has 3 aliphatic carbocycles. The van der Waals surface area contributed by atoms with E-state index in [1.165, 1.54) is 0 Å². The van der Waals surface area contributed by atoms with Crippen LogP contribution in [0.15, 0.2) is 0 Å². The van der Waals surface area contributed by atoms with E-state index in [2.05, 4.69) is 0 Å². The molecule has 26 heavy (non-hydrogen) atoms. The number of hydrogen-bond acceptors (Lipinski definition) is 5. The SMILES string of the molecule is CCOC(=O)[C@@H]1C(C(=O)[C]2[CH][CH][CH][CH]2)[C@H]1C(=O)OCC.[CH]1[CH][CH][CH][CH]1.[Fe+2]. The molecule has 0 unspecified atom stereocenters. The van der Waals surface area contributed by atoms with Gasteiger partial charge in [-0.1, -0.05) is 0 Å². The number of carbonyl (C=O) groups is 3. The summed E-state index contributed by atoms with van der Waals surface area (Å²) in [7, 11) is 0. The molecule has 138 valence electrons. The van der Waals surface area contributed by atoms with Gasteiger partial charge in [-0.25, -0.2) is 0 Å². The summed E-state index contributed by atoms with van der Waals surface area (Å²) >= 11 is 0. The van der Waals surface area contributed by atoms with Crippen molar-refractivity contribution in [2.24, 2.45) is 17.8 Å². The summed E-state index contributed by atoms with van der Waals surface area (Å²) in [5.41, 5.74) is 0. The maximum atomic E-state index is 12.3. The molecule has 0 spiro atoms.